The van der Waals surface area contributed by atoms with Crippen molar-refractivity contribution in [3.8, 4) is 29.9 Å². The van der Waals surface area contributed by atoms with Gasteiger partial charge in [-0.05, 0) is 36.3 Å². The van der Waals surface area contributed by atoms with Gasteiger partial charge in [0.15, 0.2) is 11.5 Å². The molecule has 0 unspecified atom stereocenters. The lowest BCUT2D eigenvalue weighted by atomic mass is 10.1. The Labute approximate surface area is 169 Å². The molecule has 0 aliphatic rings. The third kappa shape index (κ3) is 5.30. The molecule has 0 heterocycles. The summed E-state index contributed by atoms with van der Waals surface area (Å²) in [6, 6.07) is 14.3. The Morgan fingerprint density at radius 3 is 2.68 bits per heavy atom. The summed E-state index contributed by atoms with van der Waals surface area (Å²) in [7, 11) is 1.46. The molecular weight excluding hydrogens is 376 g/mol. The highest BCUT2D eigenvalue weighted by molar-refractivity contribution is 6.32. The summed E-state index contributed by atoms with van der Waals surface area (Å²) in [4.78, 5) is 12.5. The minimum absolute atomic E-state index is 0.0362. The van der Waals surface area contributed by atoms with Crippen LogP contribution in [0, 0.1) is 23.7 Å². The van der Waals surface area contributed by atoms with Crippen molar-refractivity contribution < 1.29 is 14.3 Å². The van der Waals surface area contributed by atoms with E-state index < -0.39 is 5.91 Å². The van der Waals surface area contributed by atoms with Crippen molar-refractivity contribution in [2.75, 3.05) is 13.7 Å². The Hall–Kier alpha value is -3.41. The quantitative estimate of drug-likeness (QED) is 0.435. The number of carbonyl (C=O) groups is 1. The fourth-order valence-electron chi connectivity index (χ4n) is 2.49. The van der Waals surface area contributed by atoms with Gasteiger partial charge in [-0.15, -0.1) is 6.42 Å². The molecule has 0 saturated heterocycles. The van der Waals surface area contributed by atoms with Crippen molar-refractivity contribution in [1.29, 1.82) is 5.26 Å². The van der Waals surface area contributed by atoms with Gasteiger partial charge in [-0.1, -0.05) is 47.9 Å². The average Bonchev–Trinajstić information content (AvgIpc) is 2.71. The maximum atomic E-state index is 12.5. The molecule has 0 aliphatic heterocycles. The molecule has 1 N–H and O–H groups in total. The van der Waals surface area contributed by atoms with Crippen LogP contribution in [-0.2, 0) is 4.79 Å². The van der Waals surface area contributed by atoms with E-state index in [2.05, 4.69) is 11.2 Å². The standard InChI is InChI=1S/C22H19ClN2O3/c1-4-10-28-21-19(23)12-16(13-20(21)27-3)11-18(14-24)22(26)25-15(2)17-8-6-5-7-9-17/h1,5-9,11-13,15H,10H2,2-3H3,(H,25,26)/b18-11-/t15-/m0/s1. The van der Waals surface area contributed by atoms with E-state index in [0.29, 0.717) is 17.1 Å². The van der Waals surface area contributed by atoms with Crippen molar-refractivity contribution >= 4 is 23.6 Å². The number of nitriles is 1. The van der Waals surface area contributed by atoms with Crippen LogP contribution in [0.5, 0.6) is 11.5 Å². The summed E-state index contributed by atoms with van der Waals surface area (Å²) in [5, 5.41) is 12.5. The third-order valence-corrected chi connectivity index (χ3v) is 4.16. The monoisotopic (exact) mass is 394 g/mol. The number of terminal acetylenes is 1. The Kier molecular flexibility index (Phi) is 7.51. The zero-order chi connectivity index (χ0) is 20.5. The van der Waals surface area contributed by atoms with Crippen LogP contribution < -0.4 is 14.8 Å². The Bertz CT molecular complexity index is 956. The van der Waals surface area contributed by atoms with E-state index in [4.69, 9.17) is 27.5 Å². The molecule has 2 rings (SSSR count). The van der Waals surface area contributed by atoms with Gasteiger partial charge in [0.25, 0.3) is 5.91 Å². The van der Waals surface area contributed by atoms with Crippen LogP contribution in [0.3, 0.4) is 0 Å². The van der Waals surface area contributed by atoms with Crippen LogP contribution in [0.25, 0.3) is 6.08 Å². The number of nitrogens with one attached hydrogen (secondary N) is 1. The lowest BCUT2D eigenvalue weighted by Gasteiger charge is -2.14. The van der Waals surface area contributed by atoms with E-state index in [0.717, 1.165) is 5.56 Å². The van der Waals surface area contributed by atoms with Crippen LogP contribution >= 0.6 is 11.6 Å². The zero-order valence-corrected chi connectivity index (χ0v) is 16.3. The number of methoxy groups -OCH3 is 1. The minimum Gasteiger partial charge on any atom is -0.493 e. The van der Waals surface area contributed by atoms with Crippen molar-refractivity contribution in [2.45, 2.75) is 13.0 Å². The van der Waals surface area contributed by atoms with Gasteiger partial charge >= 0.3 is 0 Å². The SMILES string of the molecule is C#CCOc1c(Cl)cc(/C=C(/C#N)C(=O)N[C@@H](C)c2ccccc2)cc1OC. The molecule has 0 radical (unpaired) electrons. The second-order valence-corrected chi connectivity index (χ2v) is 6.21. The summed E-state index contributed by atoms with van der Waals surface area (Å²) in [6.45, 7) is 1.88. The minimum atomic E-state index is -0.485. The molecule has 0 spiro atoms. The first-order chi connectivity index (χ1) is 13.5. The fraction of sp³-hybridized carbons (Fsp3) is 0.182. The number of nitrogens with zero attached hydrogens (tertiary/aromatic N) is 1. The molecule has 1 atom stereocenters. The molecule has 0 fully saturated rings. The van der Waals surface area contributed by atoms with E-state index in [1.165, 1.54) is 13.2 Å². The molecule has 1 amide bonds. The molecular formula is C22H19ClN2O3. The molecule has 0 bridgehead atoms. The maximum Gasteiger partial charge on any atom is 0.262 e. The second-order valence-electron chi connectivity index (χ2n) is 5.80. The first-order valence-electron chi connectivity index (χ1n) is 8.41. The van der Waals surface area contributed by atoms with E-state index in [9.17, 15) is 10.1 Å². The average molecular weight is 395 g/mol. The van der Waals surface area contributed by atoms with Crippen molar-refractivity contribution in [2.24, 2.45) is 0 Å². The van der Waals surface area contributed by atoms with Gasteiger partial charge in [0.05, 0.1) is 18.2 Å². The molecule has 2 aromatic carbocycles. The van der Waals surface area contributed by atoms with Crippen molar-refractivity contribution in [1.82, 2.24) is 5.32 Å². The van der Waals surface area contributed by atoms with Crippen LogP contribution in [0.2, 0.25) is 5.02 Å². The molecule has 0 aromatic heterocycles. The molecule has 0 aliphatic carbocycles. The summed E-state index contributed by atoms with van der Waals surface area (Å²) < 4.78 is 10.7. The number of hydrogen-bond acceptors (Lipinski definition) is 4. The van der Waals surface area contributed by atoms with Gasteiger partial charge in [-0.2, -0.15) is 5.26 Å². The van der Waals surface area contributed by atoms with Crippen LogP contribution in [0.15, 0.2) is 48.0 Å². The smallest absolute Gasteiger partial charge is 0.262 e. The summed E-state index contributed by atoms with van der Waals surface area (Å²) in [6.07, 6.45) is 6.63. The van der Waals surface area contributed by atoms with Gasteiger partial charge in [0, 0.05) is 0 Å². The zero-order valence-electron chi connectivity index (χ0n) is 15.5. The molecule has 2 aromatic rings. The normalized spacial score (nSPS) is 11.7. The number of benzene rings is 2. The summed E-state index contributed by atoms with van der Waals surface area (Å²) in [5.74, 6) is 2.53. The van der Waals surface area contributed by atoms with Crippen LogP contribution in [0.1, 0.15) is 24.1 Å². The maximum absolute atomic E-state index is 12.5. The number of hydrogen-bond donors (Lipinski definition) is 1. The predicted octanol–water partition coefficient (Wildman–Crippen LogP) is 4.14. The number of ether oxygens (including phenoxy) is 2. The van der Waals surface area contributed by atoms with Crippen molar-refractivity contribution in [3.63, 3.8) is 0 Å². The molecule has 6 heteroatoms. The Morgan fingerprint density at radius 1 is 1.36 bits per heavy atom. The highest BCUT2D eigenvalue weighted by atomic mass is 35.5. The predicted molar refractivity (Wildman–Crippen MR) is 109 cm³/mol. The number of rotatable bonds is 7. The van der Waals surface area contributed by atoms with Gasteiger partial charge in [0.2, 0.25) is 0 Å². The first kappa shape index (κ1) is 20.9. The lowest BCUT2D eigenvalue weighted by molar-refractivity contribution is -0.117. The fourth-order valence-corrected chi connectivity index (χ4v) is 2.77. The highest BCUT2D eigenvalue weighted by Gasteiger charge is 2.16. The topological polar surface area (TPSA) is 71.3 Å². The number of amides is 1. The van der Waals surface area contributed by atoms with Gasteiger partial charge in [-0.3, -0.25) is 4.79 Å². The highest BCUT2D eigenvalue weighted by Crippen LogP contribution is 2.37. The summed E-state index contributed by atoms with van der Waals surface area (Å²) in [5.41, 5.74) is 1.40. The van der Waals surface area contributed by atoms with Crippen molar-refractivity contribution in [3.05, 3.63) is 64.2 Å². The molecule has 28 heavy (non-hydrogen) atoms. The third-order valence-electron chi connectivity index (χ3n) is 3.87. The Balaban J connectivity index is 2.26. The Morgan fingerprint density at radius 2 is 2.07 bits per heavy atom. The first-order valence-corrected chi connectivity index (χ1v) is 8.79. The van der Waals surface area contributed by atoms with Gasteiger partial charge in [0.1, 0.15) is 18.2 Å². The van der Waals surface area contributed by atoms with E-state index >= 15 is 0 Å². The molecule has 5 nitrogen and oxygen atoms in total. The van der Waals surface area contributed by atoms with Crippen LogP contribution in [-0.4, -0.2) is 19.6 Å². The number of halogens is 1. The van der Waals surface area contributed by atoms with E-state index in [-0.39, 0.29) is 23.2 Å². The summed E-state index contributed by atoms with van der Waals surface area (Å²) >= 11 is 6.23. The lowest BCUT2D eigenvalue weighted by Crippen LogP contribution is -2.27. The number of carbonyl (C=O) groups excluding carboxylic acids is 1. The molecule has 142 valence electrons. The van der Waals surface area contributed by atoms with Crippen LogP contribution in [0.4, 0.5) is 0 Å². The largest absolute Gasteiger partial charge is 0.493 e. The van der Waals surface area contributed by atoms with E-state index in [1.807, 2.05) is 43.3 Å². The van der Waals surface area contributed by atoms with E-state index in [1.54, 1.807) is 12.1 Å². The van der Waals surface area contributed by atoms with Gasteiger partial charge < -0.3 is 14.8 Å². The second kappa shape index (κ2) is 10.1. The van der Waals surface area contributed by atoms with Gasteiger partial charge in [-0.25, -0.2) is 0 Å². The molecule has 0 saturated carbocycles.